The number of thioether (sulfide) groups is 1. The van der Waals surface area contributed by atoms with Crippen molar-refractivity contribution in [3.05, 3.63) is 28.8 Å². The molecule has 1 heterocycles. The molecule has 17 heavy (non-hydrogen) atoms. The summed E-state index contributed by atoms with van der Waals surface area (Å²) in [5, 5.41) is 0.846. The molecule has 1 aromatic carbocycles. The second-order valence-electron chi connectivity index (χ2n) is 4.43. The predicted molar refractivity (Wildman–Crippen MR) is 78.3 cm³/mol. The van der Waals surface area contributed by atoms with Crippen molar-refractivity contribution in [2.75, 3.05) is 29.5 Å². The highest BCUT2D eigenvalue weighted by Gasteiger charge is 2.19. The second-order valence-corrected chi connectivity index (χ2v) is 5.99. The van der Waals surface area contributed by atoms with E-state index in [4.69, 9.17) is 17.3 Å². The molecule has 2 rings (SSSR count). The van der Waals surface area contributed by atoms with E-state index in [2.05, 4.69) is 30.0 Å². The van der Waals surface area contributed by atoms with E-state index in [1.165, 1.54) is 17.2 Å². The second kappa shape index (κ2) is 5.98. The molecule has 1 aliphatic heterocycles. The van der Waals surface area contributed by atoms with Crippen LogP contribution >= 0.6 is 23.4 Å². The zero-order valence-electron chi connectivity index (χ0n) is 10.2. The van der Waals surface area contributed by atoms with E-state index in [0.29, 0.717) is 12.6 Å². The average Bonchev–Trinajstić information content (AvgIpc) is 2.33. The van der Waals surface area contributed by atoms with Gasteiger partial charge in [-0.05, 0) is 37.6 Å². The average molecular weight is 271 g/mol. The molecule has 1 atom stereocenters. The van der Waals surface area contributed by atoms with Crippen LogP contribution in [-0.4, -0.2) is 30.6 Å². The number of anilines is 1. The molecule has 0 bridgehead atoms. The molecule has 0 radical (unpaired) electrons. The fraction of sp³-hybridized carbons (Fsp3) is 0.538. The molecule has 1 aliphatic rings. The van der Waals surface area contributed by atoms with Crippen LogP contribution in [0.4, 0.5) is 5.69 Å². The van der Waals surface area contributed by atoms with E-state index in [-0.39, 0.29) is 0 Å². The number of hydrogen-bond acceptors (Lipinski definition) is 3. The van der Waals surface area contributed by atoms with Gasteiger partial charge in [0.15, 0.2) is 0 Å². The molecular weight excluding hydrogens is 252 g/mol. The third-order valence-electron chi connectivity index (χ3n) is 3.15. The van der Waals surface area contributed by atoms with Crippen LogP contribution in [0.2, 0.25) is 5.02 Å². The third-order valence-corrected chi connectivity index (χ3v) is 4.69. The summed E-state index contributed by atoms with van der Waals surface area (Å²) in [5.74, 6) is 2.40. The molecule has 1 unspecified atom stereocenters. The summed E-state index contributed by atoms with van der Waals surface area (Å²) < 4.78 is 0. The molecule has 0 saturated carbocycles. The summed E-state index contributed by atoms with van der Waals surface area (Å²) in [6.07, 6.45) is 0.852. The standard InChI is InChI=1S/C13H19ClN2S/c1-10-9-17-7-6-16(10)12-3-2-11(4-5-15)13(14)8-12/h2-3,8,10H,4-7,9,15H2,1H3. The van der Waals surface area contributed by atoms with Crippen LogP contribution in [0.15, 0.2) is 18.2 Å². The molecular formula is C13H19ClN2S. The smallest absolute Gasteiger partial charge is 0.0459 e. The molecule has 0 aromatic heterocycles. The summed E-state index contributed by atoms with van der Waals surface area (Å²) in [6.45, 7) is 4.03. The van der Waals surface area contributed by atoms with E-state index >= 15 is 0 Å². The van der Waals surface area contributed by atoms with Gasteiger partial charge in [-0.15, -0.1) is 0 Å². The molecule has 1 aromatic rings. The normalized spacial score (nSPS) is 20.6. The number of halogens is 1. The van der Waals surface area contributed by atoms with Gasteiger partial charge >= 0.3 is 0 Å². The van der Waals surface area contributed by atoms with Gasteiger partial charge in [-0.2, -0.15) is 11.8 Å². The van der Waals surface area contributed by atoms with Crippen LogP contribution in [-0.2, 0) is 6.42 Å². The lowest BCUT2D eigenvalue weighted by atomic mass is 10.1. The first-order chi connectivity index (χ1) is 8.22. The maximum atomic E-state index is 6.29. The van der Waals surface area contributed by atoms with Gasteiger partial charge in [0.2, 0.25) is 0 Å². The Kier molecular flexibility index (Phi) is 4.60. The molecule has 1 fully saturated rings. The topological polar surface area (TPSA) is 29.3 Å². The molecule has 2 nitrogen and oxygen atoms in total. The Morgan fingerprint density at radius 2 is 2.35 bits per heavy atom. The lowest BCUT2D eigenvalue weighted by molar-refractivity contribution is 0.700. The van der Waals surface area contributed by atoms with Gasteiger partial charge in [0.1, 0.15) is 0 Å². The highest BCUT2D eigenvalue weighted by Crippen LogP contribution is 2.28. The van der Waals surface area contributed by atoms with Gasteiger partial charge in [-0.1, -0.05) is 17.7 Å². The first-order valence-electron chi connectivity index (χ1n) is 6.05. The molecule has 4 heteroatoms. The van der Waals surface area contributed by atoms with Crippen molar-refractivity contribution in [3.8, 4) is 0 Å². The summed E-state index contributed by atoms with van der Waals surface area (Å²) in [5.41, 5.74) is 7.95. The van der Waals surface area contributed by atoms with Crippen molar-refractivity contribution in [3.63, 3.8) is 0 Å². The number of nitrogens with two attached hydrogens (primary N) is 1. The summed E-state index contributed by atoms with van der Waals surface area (Å²) >= 11 is 8.31. The van der Waals surface area contributed by atoms with Gasteiger partial charge in [0.25, 0.3) is 0 Å². The van der Waals surface area contributed by atoms with Crippen molar-refractivity contribution in [1.29, 1.82) is 0 Å². The van der Waals surface area contributed by atoms with Gasteiger partial charge in [-0.25, -0.2) is 0 Å². The van der Waals surface area contributed by atoms with Crippen LogP contribution in [0.3, 0.4) is 0 Å². The van der Waals surface area contributed by atoms with Crippen molar-refractivity contribution in [2.24, 2.45) is 5.73 Å². The summed E-state index contributed by atoms with van der Waals surface area (Å²) in [4.78, 5) is 2.44. The summed E-state index contributed by atoms with van der Waals surface area (Å²) in [6, 6.07) is 6.95. The van der Waals surface area contributed by atoms with E-state index in [0.717, 1.165) is 23.6 Å². The highest BCUT2D eigenvalue weighted by molar-refractivity contribution is 7.99. The Hall–Kier alpha value is -0.380. The lowest BCUT2D eigenvalue weighted by Gasteiger charge is -2.35. The maximum absolute atomic E-state index is 6.29. The quantitative estimate of drug-likeness (QED) is 0.916. The molecule has 94 valence electrons. The fourth-order valence-electron chi connectivity index (χ4n) is 2.18. The monoisotopic (exact) mass is 270 g/mol. The van der Waals surface area contributed by atoms with Crippen LogP contribution < -0.4 is 10.6 Å². The van der Waals surface area contributed by atoms with Crippen LogP contribution in [0.1, 0.15) is 12.5 Å². The maximum Gasteiger partial charge on any atom is 0.0459 e. The Labute approximate surface area is 113 Å². The first kappa shape index (κ1) is 13.1. The van der Waals surface area contributed by atoms with Gasteiger partial charge in [0.05, 0.1) is 0 Å². The molecule has 0 amide bonds. The Morgan fingerprint density at radius 3 is 3.00 bits per heavy atom. The molecule has 0 aliphatic carbocycles. The van der Waals surface area contributed by atoms with Gasteiger partial charge in [-0.3, -0.25) is 0 Å². The number of nitrogens with zero attached hydrogens (tertiary/aromatic N) is 1. The van der Waals surface area contributed by atoms with E-state index in [1.54, 1.807) is 0 Å². The zero-order chi connectivity index (χ0) is 12.3. The first-order valence-corrected chi connectivity index (χ1v) is 7.58. The van der Waals surface area contributed by atoms with Crippen LogP contribution in [0.25, 0.3) is 0 Å². The largest absolute Gasteiger partial charge is 0.367 e. The van der Waals surface area contributed by atoms with Crippen molar-refractivity contribution < 1.29 is 0 Å². The summed E-state index contributed by atoms with van der Waals surface area (Å²) in [7, 11) is 0. The van der Waals surface area contributed by atoms with Gasteiger partial charge in [0, 0.05) is 34.8 Å². The number of benzene rings is 1. The Morgan fingerprint density at radius 1 is 1.53 bits per heavy atom. The van der Waals surface area contributed by atoms with E-state index < -0.39 is 0 Å². The zero-order valence-corrected chi connectivity index (χ0v) is 11.7. The van der Waals surface area contributed by atoms with Crippen molar-refractivity contribution >= 4 is 29.1 Å². The van der Waals surface area contributed by atoms with Crippen molar-refractivity contribution in [2.45, 2.75) is 19.4 Å². The minimum atomic E-state index is 0.588. The number of rotatable bonds is 3. The lowest BCUT2D eigenvalue weighted by Crippen LogP contribution is -2.40. The van der Waals surface area contributed by atoms with Crippen LogP contribution in [0, 0.1) is 0 Å². The minimum absolute atomic E-state index is 0.588. The highest BCUT2D eigenvalue weighted by atomic mass is 35.5. The van der Waals surface area contributed by atoms with E-state index in [9.17, 15) is 0 Å². The predicted octanol–water partition coefficient (Wildman–Crippen LogP) is 2.78. The molecule has 1 saturated heterocycles. The third kappa shape index (κ3) is 3.09. The molecule has 0 spiro atoms. The van der Waals surface area contributed by atoms with Crippen molar-refractivity contribution in [1.82, 2.24) is 0 Å². The number of hydrogen-bond donors (Lipinski definition) is 1. The minimum Gasteiger partial charge on any atom is -0.367 e. The Balaban J connectivity index is 2.18. The Bertz CT molecular complexity index is 384. The SMILES string of the molecule is CC1CSCCN1c1ccc(CCN)c(Cl)c1. The van der Waals surface area contributed by atoms with E-state index in [1.807, 2.05) is 11.8 Å². The van der Waals surface area contributed by atoms with Gasteiger partial charge < -0.3 is 10.6 Å². The fourth-order valence-corrected chi connectivity index (χ4v) is 3.47. The molecule has 2 N–H and O–H groups in total. The van der Waals surface area contributed by atoms with Crippen LogP contribution in [0.5, 0.6) is 0 Å².